The highest BCUT2D eigenvalue weighted by atomic mass is 16.5. The van der Waals surface area contributed by atoms with Crippen molar-refractivity contribution in [2.24, 2.45) is 0 Å². The van der Waals surface area contributed by atoms with Gasteiger partial charge in [-0.1, -0.05) is 32.0 Å². The maximum Gasteiger partial charge on any atom is 0.223 e. The van der Waals surface area contributed by atoms with E-state index in [-0.39, 0.29) is 5.91 Å². The van der Waals surface area contributed by atoms with E-state index in [0.29, 0.717) is 32.4 Å². The number of rotatable bonds is 8. The van der Waals surface area contributed by atoms with Gasteiger partial charge in [0, 0.05) is 6.54 Å². The highest BCUT2D eigenvalue weighted by Gasteiger charge is 2.22. The summed E-state index contributed by atoms with van der Waals surface area (Å²) < 4.78 is 5.44. The van der Waals surface area contributed by atoms with E-state index < -0.39 is 5.60 Å². The third-order valence-electron chi connectivity index (χ3n) is 3.27. The lowest BCUT2D eigenvalue weighted by Crippen LogP contribution is -2.42. The van der Waals surface area contributed by atoms with E-state index in [9.17, 15) is 9.90 Å². The number of ether oxygens (including phenoxy) is 1. The highest BCUT2D eigenvalue weighted by molar-refractivity contribution is 5.76. The van der Waals surface area contributed by atoms with Crippen molar-refractivity contribution in [2.75, 3.05) is 13.2 Å². The second kappa shape index (κ2) is 7.79. The SMILES string of the molecule is CCC(O)(CC)CNC(=O)CCOc1ccccc1. The molecule has 2 N–H and O–H groups in total. The largest absolute Gasteiger partial charge is 0.493 e. The lowest BCUT2D eigenvalue weighted by molar-refractivity contribution is -0.122. The smallest absolute Gasteiger partial charge is 0.223 e. The van der Waals surface area contributed by atoms with Gasteiger partial charge in [-0.15, -0.1) is 0 Å². The minimum atomic E-state index is -0.796. The molecule has 0 saturated carbocycles. The van der Waals surface area contributed by atoms with Crippen LogP contribution >= 0.6 is 0 Å². The van der Waals surface area contributed by atoms with Gasteiger partial charge >= 0.3 is 0 Å². The molecule has 0 saturated heterocycles. The number of carbonyl (C=O) groups is 1. The third kappa shape index (κ3) is 5.75. The fourth-order valence-corrected chi connectivity index (χ4v) is 1.63. The second-order valence-corrected chi connectivity index (χ2v) is 4.62. The Bertz CT molecular complexity index is 374. The number of nitrogens with one attached hydrogen (secondary N) is 1. The molecule has 0 bridgehead atoms. The van der Waals surface area contributed by atoms with Crippen LogP contribution in [0.3, 0.4) is 0 Å². The van der Waals surface area contributed by atoms with Crippen molar-refractivity contribution in [3.05, 3.63) is 30.3 Å². The molecule has 1 amide bonds. The van der Waals surface area contributed by atoms with Gasteiger partial charge < -0.3 is 15.2 Å². The average Bonchev–Trinajstić information content (AvgIpc) is 2.46. The molecule has 0 fully saturated rings. The number of hydrogen-bond acceptors (Lipinski definition) is 3. The summed E-state index contributed by atoms with van der Waals surface area (Å²) in [7, 11) is 0. The van der Waals surface area contributed by atoms with Gasteiger partial charge in [-0.2, -0.15) is 0 Å². The number of amides is 1. The van der Waals surface area contributed by atoms with Crippen molar-refractivity contribution in [3.8, 4) is 5.75 Å². The van der Waals surface area contributed by atoms with Gasteiger partial charge in [0.05, 0.1) is 18.6 Å². The van der Waals surface area contributed by atoms with Crippen LogP contribution in [0.15, 0.2) is 30.3 Å². The second-order valence-electron chi connectivity index (χ2n) is 4.62. The van der Waals surface area contributed by atoms with Crippen molar-refractivity contribution in [2.45, 2.75) is 38.7 Å². The van der Waals surface area contributed by atoms with Crippen molar-refractivity contribution >= 4 is 5.91 Å². The molecule has 0 spiro atoms. The molecule has 106 valence electrons. The first-order chi connectivity index (χ1) is 9.09. The van der Waals surface area contributed by atoms with E-state index >= 15 is 0 Å². The molecule has 1 aromatic carbocycles. The lowest BCUT2D eigenvalue weighted by Gasteiger charge is -2.25. The van der Waals surface area contributed by atoms with Crippen LogP contribution in [0.1, 0.15) is 33.1 Å². The molecule has 0 aliphatic rings. The van der Waals surface area contributed by atoms with Crippen LogP contribution in [0.4, 0.5) is 0 Å². The topological polar surface area (TPSA) is 58.6 Å². The predicted molar refractivity (Wildman–Crippen MR) is 75.1 cm³/mol. The summed E-state index contributed by atoms with van der Waals surface area (Å²) in [6.07, 6.45) is 1.55. The molecule has 0 heterocycles. The summed E-state index contributed by atoms with van der Waals surface area (Å²) in [6.45, 7) is 4.46. The monoisotopic (exact) mass is 265 g/mol. The summed E-state index contributed by atoms with van der Waals surface area (Å²) in [5, 5.41) is 12.8. The molecule has 0 radical (unpaired) electrons. The van der Waals surface area contributed by atoms with Crippen LogP contribution in [0.5, 0.6) is 5.75 Å². The number of aliphatic hydroxyl groups is 1. The normalized spacial score (nSPS) is 11.1. The van der Waals surface area contributed by atoms with E-state index in [1.807, 2.05) is 44.2 Å². The Labute approximate surface area is 114 Å². The van der Waals surface area contributed by atoms with Crippen LogP contribution in [-0.2, 0) is 4.79 Å². The molecule has 0 unspecified atom stereocenters. The Hall–Kier alpha value is -1.55. The van der Waals surface area contributed by atoms with Gasteiger partial charge in [0.25, 0.3) is 0 Å². The van der Waals surface area contributed by atoms with Crippen LogP contribution in [0, 0.1) is 0 Å². The van der Waals surface area contributed by atoms with Crippen molar-refractivity contribution in [1.29, 1.82) is 0 Å². The number of para-hydroxylation sites is 1. The van der Waals surface area contributed by atoms with Crippen LogP contribution in [0.25, 0.3) is 0 Å². The van der Waals surface area contributed by atoms with Gasteiger partial charge in [0.1, 0.15) is 5.75 Å². The predicted octanol–water partition coefficient (Wildman–Crippen LogP) is 2.12. The third-order valence-corrected chi connectivity index (χ3v) is 3.27. The molecule has 1 rings (SSSR count). The minimum Gasteiger partial charge on any atom is -0.493 e. The van der Waals surface area contributed by atoms with E-state index in [4.69, 9.17) is 4.74 Å². The number of carbonyl (C=O) groups excluding carboxylic acids is 1. The van der Waals surface area contributed by atoms with Gasteiger partial charge in [-0.05, 0) is 25.0 Å². The van der Waals surface area contributed by atoms with Crippen molar-refractivity contribution in [1.82, 2.24) is 5.32 Å². The molecule has 0 aliphatic carbocycles. The van der Waals surface area contributed by atoms with Crippen LogP contribution in [0.2, 0.25) is 0 Å². The zero-order valence-electron chi connectivity index (χ0n) is 11.7. The first kappa shape index (κ1) is 15.5. The standard InChI is InChI=1S/C15H23NO3/c1-3-15(18,4-2)12-16-14(17)10-11-19-13-8-6-5-7-9-13/h5-9,18H,3-4,10-12H2,1-2H3,(H,16,17). The fourth-order valence-electron chi connectivity index (χ4n) is 1.63. The van der Waals surface area contributed by atoms with Crippen molar-refractivity contribution < 1.29 is 14.6 Å². The maximum atomic E-state index is 11.6. The van der Waals surface area contributed by atoms with Crippen LogP contribution in [-0.4, -0.2) is 29.8 Å². The first-order valence-electron chi connectivity index (χ1n) is 6.76. The Kier molecular flexibility index (Phi) is 6.36. The Morgan fingerprint density at radius 2 is 1.89 bits per heavy atom. The zero-order chi connectivity index (χ0) is 14.1. The quantitative estimate of drug-likeness (QED) is 0.757. The van der Waals surface area contributed by atoms with Crippen molar-refractivity contribution in [3.63, 3.8) is 0 Å². The highest BCUT2D eigenvalue weighted by Crippen LogP contribution is 2.13. The van der Waals surface area contributed by atoms with E-state index in [1.165, 1.54) is 0 Å². The summed E-state index contributed by atoms with van der Waals surface area (Å²) in [4.78, 5) is 11.6. The van der Waals surface area contributed by atoms with E-state index in [1.54, 1.807) is 0 Å². The average molecular weight is 265 g/mol. The Morgan fingerprint density at radius 3 is 2.47 bits per heavy atom. The molecular weight excluding hydrogens is 242 g/mol. The number of hydrogen-bond donors (Lipinski definition) is 2. The fraction of sp³-hybridized carbons (Fsp3) is 0.533. The Morgan fingerprint density at radius 1 is 1.26 bits per heavy atom. The van der Waals surface area contributed by atoms with E-state index in [2.05, 4.69) is 5.32 Å². The molecular formula is C15H23NO3. The van der Waals surface area contributed by atoms with Gasteiger partial charge in [-0.25, -0.2) is 0 Å². The molecule has 4 nitrogen and oxygen atoms in total. The van der Waals surface area contributed by atoms with E-state index in [0.717, 1.165) is 5.75 Å². The summed E-state index contributed by atoms with van der Waals surface area (Å²) in [5.74, 6) is 0.658. The Balaban J connectivity index is 2.22. The zero-order valence-corrected chi connectivity index (χ0v) is 11.7. The molecule has 0 aliphatic heterocycles. The first-order valence-corrected chi connectivity index (χ1v) is 6.76. The number of benzene rings is 1. The van der Waals surface area contributed by atoms with Gasteiger partial charge in [-0.3, -0.25) is 4.79 Å². The van der Waals surface area contributed by atoms with Gasteiger partial charge in [0.15, 0.2) is 0 Å². The summed E-state index contributed by atoms with van der Waals surface area (Å²) >= 11 is 0. The lowest BCUT2D eigenvalue weighted by atomic mass is 9.97. The molecule has 0 aromatic heterocycles. The van der Waals surface area contributed by atoms with Gasteiger partial charge in [0.2, 0.25) is 5.91 Å². The maximum absolute atomic E-state index is 11.6. The molecule has 0 atom stereocenters. The summed E-state index contributed by atoms with van der Waals surface area (Å²) in [6, 6.07) is 9.39. The molecule has 19 heavy (non-hydrogen) atoms. The van der Waals surface area contributed by atoms with Crippen LogP contribution < -0.4 is 10.1 Å². The molecule has 1 aromatic rings. The summed E-state index contributed by atoms with van der Waals surface area (Å²) in [5.41, 5.74) is -0.796. The molecule has 4 heteroatoms. The minimum absolute atomic E-state index is 0.101.